The molecule has 0 radical (unpaired) electrons. The largest absolute Gasteiger partial charge is 0.460 e. The molecule has 36 heavy (non-hydrogen) atoms. The van der Waals surface area contributed by atoms with Crippen molar-refractivity contribution in [3.8, 4) is 0 Å². The first-order valence-electron chi connectivity index (χ1n) is 12.3. The molecule has 0 fully saturated rings. The first-order valence-corrected chi connectivity index (χ1v) is 12.3. The van der Waals surface area contributed by atoms with Crippen molar-refractivity contribution >= 4 is 39.6 Å². The van der Waals surface area contributed by atoms with E-state index in [2.05, 4.69) is 5.32 Å². The van der Waals surface area contributed by atoms with Crippen LogP contribution in [0.2, 0.25) is 0 Å². The summed E-state index contributed by atoms with van der Waals surface area (Å²) in [6.07, 6.45) is -0.974. The third kappa shape index (κ3) is 6.49. The minimum absolute atomic E-state index is 0.0762. The summed E-state index contributed by atoms with van der Waals surface area (Å²) in [6, 6.07) is 14.0. The molecule has 0 unspecified atom stereocenters. The summed E-state index contributed by atoms with van der Waals surface area (Å²) in [6.45, 7) is 5.86. The summed E-state index contributed by atoms with van der Waals surface area (Å²) in [4.78, 5) is 39.0. The van der Waals surface area contributed by atoms with E-state index in [-0.39, 0.29) is 18.7 Å². The van der Waals surface area contributed by atoms with Gasteiger partial charge in [0.2, 0.25) is 11.8 Å². The van der Waals surface area contributed by atoms with Gasteiger partial charge in [0.1, 0.15) is 18.4 Å². The Balaban J connectivity index is 1.83. The van der Waals surface area contributed by atoms with Crippen LogP contribution in [0.25, 0.3) is 21.8 Å². The number of fused-ring (bicyclic) bond motifs is 3. The lowest BCUT2D eigenvalue weighted by Crippen LogP contribution is -2.48. The fraction of sp³-hybridized carbons (Fsp3) is 0.464. The van der Waals surface area contributed by atoms with Crippen molar-refractivity contribution in [2.75, 3.05) is 6.67 Å². The van der Waals surface area contributed by atoms with Gasteiger partial charge in [0.05, 0.1) is 23.5 Å². The number of alkyl halides is 1. The fourth-order valence-electron chi connectivity index (χ4n) is 4.42. The zero-order valence-corrected chi connectivity index (χ0v) is 21.3. The first-order chi connectivity index (χ1) is 17.1. The minimum atomic E-state index is -1.57. The number of amides is 1. The molecule has 194 valence electrons. The van der Waals surface area contributed by atoms with Gasteiger partial charge < -0.3 is 15.2 Å². The number of aromatic nitrogens is 1. The monoisotopic (exact) mass is 498 g/mol. The molecule has 3 aromatic rings. The molecular weight excluding hydrogens is 463 g/mol. The zero-order chi connectivity index (χ0) is 26.5. The van der Waals surface area contributed by atoms with Crippen molar-refractivity contribution in [2.45, 2.75) is 71.1 Å². The summed E-state index contributed by atoms with van der Waals surface area (Å²) in [5, 5.41) is 14.6. The summed E-state index contributed by atoms with van der Waals surface area (Å²) in [5.74, 6) is -2.12. The highest BCUT2D eigenvalue weighted by Crippen LogP contribution is 2.29. The van der Waals surface area contributed by atoms with Gasteiger partial charge in [-0.25, -0.2) is 4.39 Å². The van der Waals surface area contributed by atoms with Crippen molar-refractivity contribution in [2.24, 2.45) is 5.92 Å². The Morgan fingerprint density at radius 1 is 1.00 bits per heavy atom. The van der Waals surface area contributed by atoms with E-state index in [1.807, 2.05) is 55.5 Å². The van der Waals surface area contributed by atoms with Crippen LogP contribution in [0.1, 0.15) is 58.2 Å². The highest BCUT2D eigenvalue weighted by molar-refractivity contribution is 6.13. The van der Waals surface area contributed by atoms with E-state index in [1.165, 1.54) is 0 Å². The number of halogens is 1. The van der Waals surface area contributed by atoms with Crippen LogP contribution in [-0.2, 0) is 14.3 Å². The Morgan fingerprint density at radius 2 is 1.56 bits per heavy atom. The van der Waals surface area contributed by atoms with Gasteiger partial charge >= 0.3 is 5.97 Å². The molecule has 3 rings (SSSR count). The van der Waals surface area contributed by atoms with Crippen molar-refractivity contribution < 1.29 is 28.6 Å². The average Bonchev–Trinajstić information content (AvgIpc) is 3.16. The fourth-order valence-corrected chi connectivity index (χ4v) is 4.42. The number of aliphatic hydroxyl groups is 1. The van der Waals surface area contributed by atoms with E-state index in [1.54, 1.807) is 25.3 Å². The van der Waals surface area contributed by atoms with Crippen LogP contribution in [0, 0.1) is 5.92 Å². The number of ether oxygens (including phenoxy) is 1. The lowest BCUT2D eigenvalue weighted by atomic mass is 9.96. The Labute approximate surface area is 210 Å². The lowest BCUT2D eigenvalue weighted by Gasteiger charge is -2.26. The van der Waals surface area contributed by atoms with Gasteiger partial charge in [-0.1, -0.05) is 49.7 Å². The van der Waals surface area contributed by atoms with Gasteiger partial charge in [0, 0.05) is 23.1 Å². The molecule has 1 heterocycles. The number of esters is 1. The minimum Gasteiger partial charge on any atom is -0.460 e. The number of hydrogen-bond acceptors (Lipinski definition) is 5. The van der Waals surface area contributed by atoms with E-state index in [9.17, 15) is 23.9 Å². The van der Waals surface area contributed by atoms with E-state index in [0.717, 1.165) is 21.8 Å². The number of rotatable bonds is 10. The van der Waals surface area contributed by atoms with E-state index in [0.29, 0.717) is 12.8 Å². The second-order valence-electron chi connectivity index (χ2n) is 10.1. The van der Waals surface area contributed by atoms with Gasteiger partial charge in [0.15, 0.2) is 0 Å². The highest BCUT2D eigenvalue weighted by Gasteiger charge is 2.31. The topological polar surface area (TPSA) is 97.6 Å². The number of hydrogen-bond donors (Lipinski definition) is 2. The molecule has 0 saturated heterocycles. The predicted molar refractivity (Wildman–Crippen MR) is 137 cm³/mol. The summed E-state index contributed by atoms with van der Waals surface area (Å²) in [7, 11) is 0. The number of nitrogens with one attached hydrogen (secondary N) is 1. The first kappa shape index (κ1) is 27.3. The van der Waals surface area contributed by atoms with Crippen molar-refractivity contribution in [3.05, 3.63) is 48.5 Å². The molecule has 2 aromatic carbocycles. The van der Waals surface area contributed by atoms with E-state index < -0.39 is 42.2 Å². The SMILES string of the molecule is CCC[C@H](CC(=O)n1c2ccccc2c2ccccc21)C(=O)N[C@@H](CC(=O)OC(C)(C)C)[C@H](O)CF. The maximum Gasteiger partial charge on any atom is 0.308 e. The van der Waals surface area contributed by atoms with Gasteiger partial charge in [0.25, 0.3) is 0 Å². The van der Waals surface area contributed by atoms with Gasteiger partial charge in [-0.05, 0) is 39.3 Å². The number of para-hydroxylation sites is 2. The molecule has 2 N–H and O–H groups in total. The summed E-state index contributed by atoms with van der Waals surface area (Å²) in [5.41, 5.74) is 0.760. The normalized spacial score (nSPS) is 14.4. The molecule has 1 aromatic heterocycles. The van der Waals surface area contributed by atoms with Crippen LogP contribution in [0.15, 0.2) is 48.5 Å². The molecule has 7 nitrogen and oxygen atoms in total. The van der Waals surface area contributed by atoms with Gasteiger partial charge in [-0.2, -0.15) is 0 Å². The molecule has 0 aliphatic rings. The molecule has 8 heteroatoms. The summed E-state index contributed by atoms with van der Waals surface area (Å²) < 4.78 is 20.2. The molecular formula is C28H35FN2O5. The standard InChI is InChI=1S/C28H35FN2O5/c1-5-10-18(27(35)30-21(24(32)17-29)16-26(34)36-28(2,3)4)15-25(33)31-22-13-8-6-11-19(22)20-12-7-9-14-23(20)31/h6-9,11-14,18,21,24,32H,5,10,15-17H2,1-4H3,(H,30,35)/t18-,21+,24-/m1/s1. The second kappa shape index (κ2) is 11.6. The maximum absolute atomic E-state index is 13.5. The number of aliphatic hydroxyl groups excluding tert-OH is 1. The highest BCUT2D eigenvalue weighted by atomic mass is 19.1. The Kier molecular flexibility index (Phi) is 8.84. The predicted octanol–water partition coefficient (Wildman–Crippen LogP) is 4.79. The second-order valence-corrected chi connectivity index (χ2v) is 10.1. The van der Waals surface area contributed by atoms with Crippen LogP contribution >= 0.6 is 0 Å². The van der Waals surface area contributed by atoms with E-state index in [4.69, 9.17) is 4.74 Å². The average molecular weight is 499 g/mol. The maximum atomic E-state index is 13.5. The molecule has 0 aliphatic heterocycles. The van der Waals surface area contributed by atoms with E-state index >= 15 is 0 Å². The number of carbonyl (C=O) groups is 3. The molecule has 0 spiro atoms. The third-order valence-corrected chi connectivity index (χ3v) is 6.02. The number of nitrogens with zero attached hydrogens (tertiary/aromatic N) is 1. The van der Waals surface area contributed by atoms with Gasteiger partial charge in [-0.3, -0.25) is 19.0 Å². The van der Waals surface area contributed by atoms with Crippen LogP contribution in [-0.4, -0.2) is 51.9 Å². The Bertz CT molecular complexity index is 1180. The Morgan fingerprint density at radius 3 is 2.06 bits per heavy atom. The third-order valence-electron chi connectivity index (χ3n) is 6.02. The van der Waals surface area contributed by atoms with Crippen molar-refractivity contribution in [1.82, 2.24) is 9.88 Å². The number of carbonyl (C=O) groups excluding carboxylic acids is 3. The molecule has 0 bridgehead atoms. The van der Waals surface area contributed by atoms with Gasteiger partial charge in [-0.15, -0.1) is 0 Å². The van der Waals surface area contributed by atoms with Crippen LogP contribution in [0.3, 0.4) is 0 Å². The molecule has 1 amide bonds. The van der Waals surface area contributed by atoms with Crippen LogP contribution in [0.5, 0.6) is 0 Å². The lowest BCUT2D eigenvalue weighted by molar-refractivity contribution is -0.156. The van der Waals surface area contributed by atoms with Crippen LogP contribution in [0.4, 0.5) is 4.39 Å². The van der Waals surface area contributed by atoms with Crippen LogP contribution < -0.4 is 5.32 Å². The molecule has 0 aliphatic carbocycles. The quantitative estimate of drug-likeness (QED) is 0.392. The van der Waals surface area contributed by atoms with Crippen molar-refractivity contribution in [1.29, 1.82) is 0 Å². The zero-order valence-electron chi connectivity index (χ0n) is 21.3. The molecule has 3 atom stereocenters. The number of benzene rings is 2. The smallest absolute Gasteiger partial charge is 0.308 e. The van der Waals surface area contributed by atoms with Crippen molar-refractivity contribution in [3.63, 3.8) is 0 Å². The molecule has 0 saturated carbocycles. The Hall–Kier alpha value is -3.26. The summed E-state index contributed by atoms with van der Waals surface area (Å²) >= 11 is 0.